The Balaban J connectivity index is 2.22. The minimum Gasteiger partial charge on any atom is -0.428 e. The molecule has 1 saturated heterocycles. The minimum atomic E-state index is -0.556. The first-order chi connectivity index (χ1) is 4.77. The third kappa shape index (κ3) is 0.520. The van der Waals surface area contributed by atoms with Crippen molar-refractivity contribution in [1.29, 1.82) is 5.26 Å². The van der Waals surface area contributed by atoms with E-state index in [-0.39, 0.29) is 5.54 Å². The summed E-state index contributed by atoms with van der Waals surface area (Å²) in [7, 11) is 0. The van der Waals surface area contributed by atoms with E-state index in [1.165, 1.54) is 0 Å². The smallest absolute Gasteiger partial charge is 0.409 e. The van der Waals surface area contributed by atoms with Crippen LogP contribution in [-0.4, -0.2) is 17.7 Å². The van der Waals surface area contributed by atoms with Crippen LogP contribution in [0.25, 0.3) is 0 Å². The maximum atomic E-state index is 10.6. The standard InChI is InChI=1S/C6H6N2O2/c7-3-4-6(1-2-6)8-5(9)10-4/h4H,1-2H2,(H,8,9). The molecule has 0 aromatic heterocycles. The summed E-state index contributed by atoms with van der Waals surface area (Å²) in [6.45, 7) is 0. The fourth-order valence-electron chi connectivity index (χ4n) is 1.19. The first-order valence-electron chi connectivity index (χ1n) is 3.15. The van der Waals surface area contributed by atoms with Crippen molar-refractivity contribution >= 4 is 6.09 Å². The van der Waals surface area contributed by atoms with Crippen molar-refractivity contribution in [2.75, 3.05) is 0 Å². The molecule has 1 saturated carbocycles. The van der Waals surface area contributed by atoms with Crippen molar-refractivity contribution in [2.45, 2.75) is 24.5 Å². The fourth-order valence-corrected chi connectivity index (χ4v) is 1.19. The van der Waals surface area contributed by atoms with Gasteiger partial charge in [-0.3, -0.25) is 0 Å². The quantitative estimate of drug-likeness (QED) is 0.518. The van der Waals surface area contributed by atoms with Gasteiger partial charge in [-0.05, 0) is 12.8 Å². The van der Waals surface area contributed by atoms with E-state index in [0.29, 0.717) is 0 Å². The molecule has 2 aliphatic rings. The lowest BCUT2D eigenvalue weighted by Gasteiger charge is -2.04. The van der Waals surface area contributed by atoms with Gasteiger partial charge in [-0.1, -0.05) is 0 Å². The summed E-state index contributed by atoms with van der Waals surface area (Å²) in [5.74, 6) is 0. The summed E-state index contributed by atoms with van der Waals surface area (Å²) in [6.07, 6.45) is 0.734. The van der Waals surface area contributed by atoms with Crippen LogP contribution < -0.4 is 5.32 Å². The molecule has 1 unspecified atom stereocenters. The molecule has 2 rings (SSSR count). The summed E-state index contributed by atoms with van der Waals surface area (Å²) in [6, 6.07) is 1.94. The monoisotopic (exact) mass is 138 g/mol. The molecular formula is C6H6N2O2. The minimum absolute atomic E-state index is 0.300. The number of hydrogen-bond donors (Lipinski definition) is 1. The van der Waals surface area contributed by atoms with E-state index >= 15 is 0 Å². The fraction of sp³-hybridized carbons (Fsp3) is 0.667. The third-order valence-electron chi connectivity index (χ3n) is 1.98. The van der Waals surface area contributed by atoms with Crippen molar-refractivity contribution in [3.8, 4) is 6.07 Å². The lowest BCUT2D eigenvalue weighted by molar-refractivity contribution is 0.154. The molecule has 4 nitrogen and oxygen atoms in total. The Hall–Kier alpha value is -1.24. The normalized spacial score (nSPS) is 32.7. The molecular weight excluding hydrogens is 132 g/mol. The Morgan fingerprint density at radius 1 is 1.80 bits per heavy atom. The van der Waals surface area contributed by atoms with Crippen LogP contribution in [0.1, 0.15) is 12.8 Å². The van der Waals surface area contributed by atoms with E-state index in [1.807, 2.05) is 6.07 Å². The number of ether oxygens (including phenoxy) is 1. The molecule has 0 aromatic carbocycles. The maximum Gasteiger partial charge on any atom is 0.409 e. The van der Waals surface area contributed by atoms with Gasteiger partial charge >= 0.3 is 6.09 Å². The van der Waals surface area contributed by atoms with Crippen LogP contribution in [0.4, 0.5) is 4.79 Å². The number of amides is 1. The van der Waals surface area contributed by atoms with Crippen molar-refractivity contribution < 1.29 is 9.53 Å². The highest BCUT2D eigenvalue weighted by Gasteiger charge is 2.58. The number of hydrogen-bond acceptors (Lipinski definition) is 3. The predicted molar refractivity (Wildman–Crippen MR) is 31.0 cm³/mol. The summed E-state index contributed by atoms with van der Waals surface area (Å²) in [5, 5.41) is 11.1. The van der Waals surface area contributed by atoms with Crippen LogP contribution in [0.15, 0.2) is 0 Å². The number of carbonyl (C=O) groups is 1. The molecule has 0 aromatic rings. The molecule has 1 N–H and O–H groups in total. The average molecular weight is 138 g/mol. The Morgan fingerprint density at radius 3 is 2.90 bits per heavy atom. The van der Waals surface area contributed by atoms with E-state index in [9.17, 15) is 4.79 Å². The van der Waals surface area contributed by atoms with E-state index in [2.05, 4.69) is 10.1 Å². The Morgan fingerprint density at radius 2 is 2.50 bits per heavy atom. The molecule has 4 heteroatoms. The van der Waals surface area contributed by atoms with Crippen molar-refractivity contribution in [2.24, 2.45) is 0 Å². The second kappa shape index (κ2) is 1.43. The number of nitrogens with zero attached hydrogens (tertiary/aromatic N) is 1. The second-order valence-electron chi connectivity index (χ2n) is 2.70. The number of cyclic esters (lactones) is 1. The molecule has 2 fully saturated rings. The summed E-state index contributed by atoms with van der Waals surface area (Å²) in [5.41, 5.74) is -0.300. The zero-order valence-electron chi connectivity index (χ0n) is 5.26. The SMILES string of the molecule is N#CC1OC(=O)NC12CC2. The van der Waals surface area contributed by atoms with Gasteiger partial charge in [-0.2, -0.15) is 5.26 Å². The van der Waals surface area contributed by atoms with Crippen molar-refractivity contribution in [3.63, 3.8) is 0 Å². The molecule has 10 heavy (non-hydrogen) atoms. The first-order valence-corrected chi connectivity index (χ1v) is 3.15. The van der Waals surface area contributed by atoms with Gasteiger partial charge in [0, 0.05) is 0 Å². The Labute approximate surface area is 57.8 Å². The average Bonchev–Trinajstić information content (AvgIpc) is 2.55. The number of nitrogens with one attached hydrogen (secondary N) is 1. The van der Waals surface area contributed by atoms with Gasteiger partial charge in [0.1, 0.15) is 6.07 Å². The summed E-state index contributed by atoms with van der Waals surface area (Å²) < 4.78 is 4.68. The van der Waals surface area contributed by atoms with E-state index in [4.69, 9.17) is 5.26 Å². The Bertz CT molecular complexity index is 226. The number of rotatable bonds is 0. The molecule has 1 heterocycles. The van der Waals surface area contributed by atoms with Crippen LogP contribution in [0.3, 0.4) is 0 Å². The van der Waals surface area contributed by atoms with Gasteiger partial charge in [-0.15, -0.1) is 0 Å². The lowest BCUT2D eigenvalue weighted by atomic mass is 10.2. The Kier molecular flexibility index (Phi) is 0.791. The number of alkyl carbamates (subject to hydrolysis) is 1. The zero-order chi connectivity index (χ0) is 7.19. The molecule has 0 bridgehead atoms. The van der Waals surface area contributed by atoms with Gasteiger partial charge in [0.15, 0.2) is 0 Å². The van der Waals surface area contributed by atoms with Gasteiger partial charge in [0.2, 0.25) is 6.10 Å². The van der Waals surface area contributed by atoms with Crippen LogP contribution >= 0.6 is 0 Å². The van der Waals surface area contributed by atoms with Crippen LogP contribution in [0, 0.1) is 11.3 Å². The molecule has 1 atom stereocenters. The molecule has 1 aliphatic heterocycles. The van der Waals surface area contributed by atoms with E-state index in [0.717, 1.165) is 12.8 Å². The second-order valence-corrected chi connectivity index (χ2v) is 2.70. The summed E-state index contributed by atoms with van der Waals surface area (Å²) >= 11 is 0. The van der Waals surface area contributed by atoms with Gasteiger partial charge < -0.3 is 10.1 Å². The highest BCUT2D eigenvalue weighted by atomic mass is 16.6. The predicted octanol–water partition coefficient (Wildman–Crippen LogP) is 0.151. The van der Waals surface area contributed by atoms with Gasteiger partial charge in [-0.25, -0.2) is 4.79 Å². The van der Waals surface area contributed by atoms with Crippen LogP contribution in [0.2, 0.25) is 0 Å². The molecule has 1 spiro atoms. The van der Waals surface area contributed by atoms with Crippen LogP contribution in [0.5, 0.6) is 0 Å². The van der Waals surface area contributed by atoms with Crippen molar-refractivity contribution in [3.05, 3.63) is 0 Å². The van der Waals surface area contributed by atoms with Crippen LogP contribution in [-0.2, 0) is 4.74 Å². The van der Waals surface area contributed by atoms with Crippen molar-refractivity contribution in [1.82, 2.24) is 5.32 Å². The number of carbonyl (C=O) groups excluding carboxylic acids is 1. The number of nitriles is 1. The largest absolute Gasteiger partial charge is 0.428 e. The summed E-state index contributed by atoms with van der Waals surface area (Å²) in [4.78, 5) is 10.6. The topological polar surface area (TPSA) is 62.1 Å². The van der Waals surface area contributed by atoms with E-state index < -0.39 is 12.2 Å². The highest BCUT2D eigenvalue weighted by molar-refractivity contribution is 5.73. The van der Waals surface area contributed by atoms with Gasteiger partial charge in [0.05, 0.1) is 5.54 Å². The van der Waals surface area contributed by atoms with E-state index in [1.54, 1.807) is 0 Å². The molecule has 0 radical (unpaired) electrons. The zero-order valence-corrected chi connectivity index (χ0v) is 5.26. The molecule has 1 amide bonds. The lowest BCUT2D eigenvalue weighted by Crippen LogP contribution is -2.32. The third-order valence-corrected chi connectivity index (χ3v) is 1.98. The highest BCUT2D eigenvalue weighted by Crippen LogP contribution is 2.43. The molecule has 52 valence electrons. The first kappa shape index (κ1) is 5.54. The maximum absolute atomic E-state index is 10.6. The molecule has 1 aliphatic carbocycles. The van der Waals surface area contributed by atoms with Gasteiger partial charge in [0.25, 0.3) is 0 Å².